The second-order valence-corrected chi connectivity index (χ2v) is 5.52. The second-order valence-electron chi connectivity index (χ2n) is 5.52. The minimum absolute atomic E-state index is 0.257. The van der Waals surface area contributed by atoms with E-state index in [-0.39, 0.29) is 12.6 Å². The Labute approximate surface area is 94.5 Å². The van der Waals surface area contributed by atoms with Crippen molar-refractivity contribution in [2.24, 2.45) is 11.8 Å². The fourth-order valence-corrected chi connectivity index (χ4v) is 2.57. The summed E-state index contributed by atoms with van der Waals surface area (Å²) in [4.78, 5) is 0. The van der Waals surface area contributed by atoms with Crippen LogP contribution in [0.5, 0.6) is 0 Å². The summed E-state index contributed by atoms with van der Waals surface area (Å²) in [6.45, 7) is 6.92. The molecule has 0 amide bonds. The summed E-state index contributed by atoms with van der Waals surface area (Å²) >= 11 is 0. The molecule has 15 heavy (non-hydrogen) atoms. The quantitative estimate of drug-likeness (QED) is 0.711. The van der Waals surface area contributed by atoms with Crippen molar-refractivity contribution in [3.8, 4) is 0 Å². The Balaban J connectivity index is 2.29. The summed E-state index contributed by atoms with van der Waals surface area (Å²) in [6.07, 6.45) is 6.73. The van der Waals surface area contributed by atoms with Gasteiger partial charge in [-0.05, 0) is 38.0 Å². The van der Waals surface area contributed by atoms with Crippen LogP contribution in [0, 0.1) is 11.8 Å². The van der Waals surface area contributed by atoms with E-state index in [0.29, 0.717) is 6.04 Å². The van der Waals surface area contributed by atoms with Gasteiger partial charge < -0.3 is 10.4 Å². The van der Waals surface area contributed by atoms with Crippen LogP contribution in [0.15, 0.2) is 0 Å². The number of rotatable bonds is 6. The van der Waals surface area contributed by atoms with Crippen molar-refractivity contribution in [1.29, 1.82) is 0 Å². The van der Waals surface area contributed by atoms with Gasteiger partial charge in [-0.2, -0.15) is 0 Å². The Hall–Kier alpha value is -0.0800. The molecule has 2 heteroatoms. The van der Waals surface area contributed by atoms with Crippen molar-refractivity contribution in [1.82, 2.24) is 5.32 Å². The normalized spacial score (nSPS) is 28.6. The van der Waals surface area contributed by atoms with Crippen LogP contribution in [0.25, 0.3) is 0 Å². The van der Waals surface area contributed by atoms with Crippen LogP contribution in [0.1, 0.15) is 52.9 Å². The molecule has 2 unspecified atom stereocenters. The van der Waals surface area contributed by atoms with E-state index in [1.165, 1.54) is 32.1 Å². The van der Waals surface area contributed by atoms with E-state index in [1.54, 1.807) is 0 Å². The summed E-state index contributed by atoms with van der Waals surface area (Å²) in [5.41, 5.74) is 0. The van der Waals surface area contributed by atoms with Crippen LogP contribution >= 0.6 is 0 Å². The van der Waals surface area contributed by atoms with Gasteiger partial charge in [-0.25, -0.2) is 0 Å². The first-order valence-electron chi connectivity index (χ1n) is 6.50. The Morgan fingerprint density at radius 1 is 1.27 bits per heavy atom. The molecule has 0 radical (unpaired) electrons. The maximum absolute atomic E-state index is 9.04. The van der Waals surface area contributed by atoms with E-state index in [1.807, 2.05) is 0 Å². The summed E-state index contributed by atoms with van der Waals surface area (Å²) in [5, 5.41) is 12.6. The van der Waals surface area contributed by atoms with E-state index in [4.69, 9.17) is 5.11 Å². The predicted molar refractivity (Wildman–Crippen MR) is 64.9 cm³/mol. The molecule has 0 saturated heterocycles. The van der Waals surface area contributed by atoms with Crippen LogP contribution in [0.2, 0.25) is 0 Å². The zero-order valence-electron chi connectivity index (χ0n) is 10.5. The number of aliphatic hydroxyl groups excluding tert-OH is 1. The summed E-state index contributed by atoms with van der Waals surface area (Å²) < 4.78 is 0. The van der Waals surface area contributed by atoms with Crippen LogP contribution in [-0.2, 0) is 0 Å². The molecule has 0 heterocycles. The zero-order valence-corrected chi connectivity index (χ0v) is 10.5. The summed E-state index contributed by atoms with van der Waals surface area (Å²) in [7, 11) is 0. The molecule has 2 nitrogen and oxygen atoms in total. The van der Waals surface area contributed by atoms with Gasteiger partial charge in [0.05, 0.1) is 6.61 Å². The molecule has 0 bridgehead atoms. The molecule has 0 aromatic rings. The predicted octanol–water partition coefficient (Wildman–Crippen LogP) is 2.56. The second kappa shape index (κ2) is 6.49. The number of nitrogens with one attached hydrogen (secondary N) is 1. The lowest BCUT2D eigenvalue weighted by Crippen LogP contribution is -2.40. The van der Waals surface area contributed by atoms with Gasteiger partial charge in [0.1, 0.15) is 0 Å². The lowest BCUT2D eigenvalue weighted by Gasteiger charge is -2.24. The Morgan fingerprint density at radius 2 is 2.00 bits per heavy atom. The SMILES string of the molecule is CC(C)CCC1CCCC1N[C@H](C)CO. The van der Waals surface area contributed by atoms with Gasteiger partial charge in [-0.15, -0.1) is 0 Å². The van der Waals surface area contributed by atoms with E-state index >= 15 is 0 Å². The Bertz CT molecular complexity index is 170. The third kappa shape index (κ3) is 4.52. The molecule has 0 spiro atoms. The monoisotopic (exact) mass is 213 g/mol. The van der Waals surface area contributed by atoms with Crippen molar-refractivity contribution in [2.75, 3.05) is 6.61 Å². The molecule has 1 saturated carbocycles. The maximum atomic E-state index is 9.04. The van der Waals surface area contributed by atoms with E-state index in [9.17, 15) is 0 Å². The lowest BCUT2D eigenvalue weighted by atomic mass is 9.93. The van der Waals surface area contributed by atoms with Crippen LogP contribution < -0.4 is 5.32 Å². The van der Waals surface area contributed by atoms with Crippen molar-refractivity contribution in [2.45, 2.75) is 65.0 Å². The largest absolute Gasteiger partial charge is 0.395 e. The van der Waals surface area contributed by atoms with E-state index in [2.05, 4.69) is 26.1 Å². The van der Waals surface area contributed by atoms with Crippen LogP contribution in [-0.4, -0.2) is 23.8 Å². The van der Waals surface area contributed by atoms with Crippen LogP contribution in [0.4, 0.5) is 0 Å². The highest BCUT2D eigenvalue weighted by Gasteiger charge is 2.27. The molecule has 1 rings (SSSR count). The van der Waals surface area contributed by atoms with Crippen molar-refractivity contribution >= 4 is 0 Å². The number of hydrogen-bond donors (Lipinski definition) is 2. The van der Waals surface area contributed by atoms with Gasteiger partial charge in [0.2, 0.25) is 0 Å². The highest BCUT2D eigenvalue weighted by molar-refractivity contribution is 4.84. The summed E-state index contributed by atoms with van der Waals surface area (Å²) in [5.74, 6) is 1.67. The molecule has 1 fully saturated rings. The minimum Gasteiger partial charge on any atom is -0.395 e. The topological polar surface area (TPSA) is 32.3 Å². The fraction of sp³-hybridized carbons (Fsp3) is 1.00. The van der Waals surface area contributed by atoms with Crippen molar-refractivity contribution in [3.05, 3.63) is 0 Å². The first-order chi connectivity index (χ1) is 7.13. The number of aliphatic hydroxyl groups is 1. The fourth-order valence-electron chi connectivity index (χ4n) is 2.57. The zero-order chi connectivity index (χ0) is 11.3. The molecule has 0 aromatic carbocycles. The molecular weight excluding hydrogens is 186 g/mol. The van der Waals surface area contributed by atoms with Gasteiger partial charge >= 0.3 is 0 Å². The third-order valence-corrected chi connectivity index (χ3v) is 3.55. The van der Waals surface area contributed by atoms with Gasteiger partial charge in [0.15, 0.2) is 0 Å². The number of hydrogen-bond acceptors (Lipinski definition) is 2. The third-order valence-electron chi connectivity index (χ3n) is 3.55. The van der Waals surface area contributed by atoms with Gasteiger partial charge in [0, 0.05) is 12.1 Å². The van der Waals surface area contributed by atoms with Crippen molar-refractivity contribution < 1.29 is 5.11 Å². The smallest absolute Gasteiger partial charge is 0.0582 e. The highest BCUT2D eigenvalue weighted by atomic mass is 16.3. The average Bonchev–Trinajstić information content (AvgIpc) is 2.62. The average molecular weight is 213 g/mol. The standard InChI is InChI=1S/C13H27NO/c1-10(2)7-8-12-5-4-6-13(12)14-11(3)9-15/h10-15H,4-9H2,1-3H3/t11-,12?,13?/m1/s1. The van der Waals surface area contributed by atoms with Gasteiger partial charge in [-0.1, -0.05) is 26.7 Å². The van der Waals surface area contributed by atoms with Gasteiger partial charge in [0.25, 0.3) is 0 Å². The van der Waals surface area contributed by atoms with Crippen LogP contribution in [0.3, 0.4) is 0 Å². The highest BCUT2D eigenvalue weighted by Crippen LogP contribution is 2.30. The molecular formula is C13H27NO. The molecule has 0 aliphatic heterocycles. The molecule has 0 aromatic heterocycles. The lowest BCUT2D eigenvalue weighted by molar-refractivity contribution is 0.226. The van der Waals surface area contributed by atoms with E-state index in [0.717, 1.165) is 11.8 Å². The van der Waals surface area contributed by atoms with Crippen molar-refractivity contribution in [3.63, 3.8) is 0 Å². The summed E-state index contributed by atoms with van der Waals surface area (Å²) in [6, 6.07) is 0.917. The molecule has 90 valence electrons. The Kier molecular flexibility index (Phi) is 5.62. The Morgan fingerprint density at radius 3 is 2.60 bits per heavy atom. The molecule has 1 aliphatic rings. The first-order valence-corrected chi connectivity index (χ1v) is 6.50. The van der Waals surface area contributed by atoms with Gasteiger partial charge in [-0.3, -0.25) is 0 Å². The first kappa shape index (κ1) is 13.0. The molecule has 2 N–H and O–H groups in total. The molecule has 1 aliphatic carbocycles. The van der Waals surface area contributed by atoms with E-state index < -0.39 is 0 Å². The maximum Gasteiger partial charge on any atom is 0.0582 e. The molecule has 3 atom stereocenters. The minimum atomic E-state index is 0.257.